The maximum atomic E-state index is 12.7. The number of nitrogens with zero attached hydrogens (tertiary/aromatic N) is 1. The Morgan fingerprint density at radius 2 is 1.76 bits per heavy atom. The first-order valence-electron chi connectivity index (χ1n) is 9.78. The van der Waals surface area contributed by atoms with Crippen molar-refractivity contribution in [2.24, 2.45) is 0 Å². The van der Waals surface area contributed by atoms with Gasteiger partial charge in [-0.1, -0.05) is 18.2 Å². The molecule has 1 aromatic rings. The van der Waals surface area contributed by atoms with Gasteiger partial charge in [0.15, 0.2) is 0 Å². The molecule has 3 rings (SSSR count). The summed E-state index contributed by atoms with van der Waals surface area (Å²) in [6, 6.07) is 7.37. The fourth-order valence-corrected chi connectivity index (χ4v) is 3.76. The van der Waals surface area contributed by atoms with Gasteiger partial charge in [0, 0.05) is 31.1 Å². The van der Waals surface area contributed by atoms with Crippen LogP contribution in [0.2, 0.25) is 0 Å². The van der Waals surface area contributed by atoms with Gasteiger partial charge in [-0.3, -0.25) is 0 Å². The van der Waals surface area contributed by atoms with E-state index in [1.54, 1.807) is 12.4 Å². The average Bonchev–Trinajstić information content (AvgIpc) is 3.25. The lowest BCUT2D eigenvalue weighted by Crippen LogP contribution is -2.32. The summed E-state index contributed by atoms with van der Waals surface area (Å²) in [6.07, 6.45) is 5.45. The summed E-state index contributed by atoms with van der Waals surface area (Å²) in [5, 5.41) is 0. The standard InChI is InChI=1S/C22H27NO6/c1-4-28-19-10-6-5-9-16(19)20-17(21(24)26-2)13-23(12-15-8-7-11-29-15)14-18(20)22(25)27-3/h5-6,9-10,13-15,20H,4,7-8,11-12H2,1-3H3/t15-/m1/s1. The number of esters is 2. The number of hydrogen-bond acceptors (Lipinski definition) is 7. The van der Waals surface area contributed by atoms with E-state index >= 15 is 0 Å². The Bertz CT molecular complexity index is 775. The Morgan fingerprint density at radius 1 is 1.10 bits per heavy atom. The van der Waals surface area contributed by atoms with Crippen LogP contribution in [0.3, 0.4) is 0 Å². The fourth-order valence-electron chi connectivity index (χ4n) is 3.76. The minimum absolute atomic E-state index is 0.0487. The van der Waals surface area contributed by atoms with E-state index in [1.165, 1.54) is 14.2 Å². The van der Waals surface area contributed by atoms with Gasteiger partial charge in [-0.05, 0) is 25.8 Å². The van der Waals surface area contributed by atoms with Gasteiger partial charge in [-0.25, -0.2) is 9.59 Å². The predicted molar refractivity (Wildman–Crippen MR) is 106 cm³/mol. The van der Waals surface area contributed by atoms with E-state index in [0.29, 0.717) is 35.6 Å². The van der Waals surface area contributed by atoms with Gasteiger partial charge in [-0.15, -0.1) is 0 Å². The van der Waals surface area contributed by atoms with Crippen LogP contribution in [0, 0.1) is 0 Å². The third-order valence-corrected chi connectivity index (χ3v) is 5.04. The highest BCUT2D eigenvalue weighted by Crippen LogP contribution is 2.41. The Morgan fingerprint density at radius 3 is 2.31 bits per heavy atom. The summed E-state index contributed by atoms with van der Waals surface area (Å²) in [6.45, 7) is 3.61. The van der Waals surface area contributed by atoms with Crippen LogP contribution in [-0.2, 0) is 23.8 Å². The van der Waals surface area contributed by atoms with Crippen molar-refractivity contribution in [1.29, 1.82) is 0 Å². The monoisotopic (exact) mass is 401 g/mol. The fraction of sp³-hybridized carbons (Fsp3) is 0.455. The second-order valence-electron chi connectivity index (χ2n) is 6.89. The maximum absolute atomic E-state index is 12.7. The molecule has 1 saturated heterocycles. The van der Waals surface area contributed by atoms with Gasteiger partial charge in [-0.2, -0.15) is 0 Å². The highest BCUT2D eigenvalue weighted by Gasteiger charge is 2.37. The van der Waals surface area contributed by atoms with Crippen LogP contribution < -0.4 is 4.74 Å². The Kier molecular flexibility index (Phi) is 6.93. The molecule has 0 bridgehead atoms. The molecule has 0 spiro atoms. The third kappa shape index (κ3) is 4.62. The van der Waals surface area contributed by atoms with Gasteiger partial charge in [0.2, 0.25) is 0 Å². The van der Waals surface area contributed by atoms with E-state index < -0.39 is 17.9 Å². The van der Waals surface area contributed by atoms with Gasteiger partial charge >= 0.3 is 11.9 Å². The van der Waals surface area contributed by atoms with Crippen molar-refractivity contribution in [3.8, 4) is 5.75 Å². The zero-order valence-electron chi connectivity index (χ0n) is 17.1. The van der Waals surface area contributed by atoms with Crippen LogP contribution in [0.25, 0.3) is 0 Å². The number of methoxy groups -OCH3 is 2. The molecule has 2 heterocycles. The summed E-state index contributed by atoms with van der Waals surface area (Å²) < 4.78 is 21.5. The quantitative estimate of drug-likeness (QED) is 0.651. The molecule has 7 nitrogen and oxygen atoms in total. The SMILES string of the molecule is CCOc1ccccc1C1C(C(=O)OC)=CN(C[C@H]2CCCO2)C=C1C(=O)OC. The topological polar surface area (TPSA) is 74.3 Å². The number of hydrogen-bond donors (Lipinski definition) is 0. The summed E-state index contributed by atoms with van der Waals surface area (Å²) in [5.74, 6) is -1.06. The number of benzene rings is 1. The van der Waals surface area contributed by atoms with Gasteiger partial charge in [0.25, 0.3) is 0 Å². The molecule has 0 radical (unpaired) electrons. The minimum atomic E-state index is -0.654. The van der Waals surface area contributed by atoms with Crippen molar-refractivity contribution >= 4 is 11.9 Å². The van der Waals surface area contributed by atoms with Gasteiger partial charge < -0.3 is 23.8 Å². The smallest absolute Gasteiger partial charge is 0.336 e. The van der Waals surface area contributed by atoms with Crippen molar-refractivity contribution in [3.63, 3.8) is 0 Å². The molecular weight excluding hydrogens is 374 g/mol. The molecule has 0 saturated carbocycles. The van der Waals surface area contributed by atoms with Crippen molar-refractivity contribution in [3.05, 3.63) is 53.4 Å². The van der Waals surface area contributed by atoms with Crippen molar-refractivity contribution in [2.45, 2.75) is 31.8 Å². The van der Waals surface area contributed by atoms with Crippen LogP contribution in [0.1, 0.15) is 31.2 Å². The maximum Gasteiger partial charge on any atom is 0.336 e. The Balaban J connectivity index is 2.06. The summed E-state index contributed by atoms with van der Waals surface area (Å²) in [7, 11) is 2.66. The molecule has 0 aliphatic carbocycles. The molecule has 0 amide bonds. The van der Waals surface area contributed by atoms with E-state index in [9.17, 15) is 9.59 Å². The molecule has 0 N–H and O–H groups in total. The van der Waals surface area contributed by atoms with Gasteiger partial charge in [0.05, 0.1) is 44.0 Å². The molecular formula is C22H27NO6. The van der Waals surface area contributed by atoms with E-state index in [4.69, 9.17) is 18.9 Å². The summed E-state index contributed by atoms with van der Waals surface area (Å²) in [5.41, 5.74) is 1.40. The van der Waals surface area contributed by atoms with Crippen LogP contribution in [-0.4, -0.2) is 56.9 Å². The second kappa shape index (κ2) is 9.60. The van der Waals surface area contributed by atoms with E-state index in [0.717, 1.165) is 19.4 Å². The number of carbonyl (C=O) groups excluding carboxylic acids is 2. The number of rotatable bonds is 7. The number of ether oxygens (including phenoxy) is 4. The molecule has 2 aliphatic rings. The second-order valence-corrected chi connectivity index (χ2v) is 6.89. The number of para-hydroxylation sites is 1. The molecule has 0 aromatic heterocycles. The molecule has 29 heavy (non-hydrogen) atoms. The lowest BCUT2D eigenvalue weighted by molar-refractivity contribution is -0.137. The predicted octanol–water partition coefficient (Wildman–Crippen LogP) is 2.78. The molecule has 7 heteroatoms. The highest BCUT2D eigenvalue weighted by atomic mass is 16.5. The molecule has 1 atom stereocenters. The van der Waals surface area contributed by atoms with E-state index in [1.807, 2.05) is 36.1 Å². The van der Waals surface area contributed by atoms with Crippen LogP contribution >= 0.6 is 0 Å². The van der Waals surface area contributed by atoms with Crippen molar-refractivity contribution < 1.29 is 28.5 Å². The molecule has 0 unspecified atom stereocenters. The Hall–Kier alpha value is -2.80. The van der Waals surface area contributed by atoms with E-state index in [2.05, 4.69) is 0 Å². The first-order valence-corrected chi connectivity index (χ1v) is 9.78. The largest absolute Gasteiger partial charge is 0.494 e. The van der Waals surface area contributed by atoms with Crippen molar-refractivity contribution in [2.75, 3.05) is 34.0 Å². The zero-order chi connectivity index (χ0) is 20.8. The molecule has 1 aromatic carbocycles. The normalized spacial score (nSPS) is 19.4. The van der Waals surface area contributed by atoms with Gasteiger partial charge in [0.1, 0.15) is 5.75 Å². The van der Waals surface area contributed by atoms with Crippen LogP contribution in [0.15, 0.2) is 47.8 Å². The van der Waals surface area contributed by atoms with Crippen molar-refractivity contribution in [1.82, 2.24) is 4.90 Å². The molecule has 1 fully saturated rings. The van der Waals surface area contributed by atoms with Crippen LogP contribution in [0.4, 0.5) is 0 Å². The lowest BCUT2D eigenvalue weighted by Gasteiger charge is -2.31. The third-order valence-electron chi connectivity index (χ3n) is 5.04. The van der Waals surface area contributed by atoms with E-state index in [-0.39, 0.29) is 6.10 Å². The first kappa shape index (κ1) is 20.9. The molecule has 2 aliphatic heterocycles. The molecule has 156 valence electrons. The van der Waals surface area contributed by atoms with Crippen LogP contribution in [0.5, 0.6) is 5.75 Å². The Labute approximate surface area is 170 Å². The average molecular weight is 401 g/mol. The summed E-state index contributed by atoms with van der Waals surface area (Å²) >= 11 is 0. The zero-order valence-corrected chi connectivity index (χ0v) is 17.1. The minimum Gasteiger partial charge on any atom is -0.494 e. The summed E-state index contributed by atoms with van der Waals surface area (Å²) in [4.78, 5) is 27.2. The first-order chi connectivity index (χ1) is 14.1. The number of carbonyl (C=O) groups is 2. The highest BCUT2D eigenvalue weighted by molar-refractivity contribution is 5.98. The lowest BCUT2D eigenvalue weighted by atomic mass is 9.82.